The van der Waals surface area contributed by atoms with Crippen LogP contribution in [-0.4, -0.2) is 26.6 Å². The van der Waals surface area contributed by atoms with Crippen LogP contribution in [0.5, 0.6) is 0 Å². The SMILES string of the molecule is N#CC(C(=O)NCCCS(N)(=O)=O)c1ccccc1. The second-order valence-corrected chi connectivity index (χ2v) is 5.72. The van der Waals surface area contributed by atoms with Crippen molar-refractivity contribution in [1.82, 2.24) is 5.32 Å². The van der Waals surface area contributed by atoms with Crippen LogP contribution in [-0.2, 0) is 14.8 Å². The van der Waals surface area contributed by atoms with E-state index >= 15 is 0 Å². The third-order valence-corrected chi connectivity index (χ3v) is 3.29. The first kappa shape index (κ1) is 15.1. The molecule has 7 heteroatoms. The highest BCUT2D eigenvalue weighted by atomic mass is 32.2. The maximum absolute atomic E-state index is 11.8. The van der Waals surface area contributed by atoms with E-state index in [0.717, 1.165) is 0 Å². The minimum atomic E-state index is -3.52. The highest BCUT2D eigenvalue weighted by Gasteiger charge is 2.19. The number of primary sulfonamides is 1. The topological polar surface area (TPSA) is 113 Å². The van der Waals surface area contributed by atoms with Gasteiger partial charge < -0.3 is 5.32 Å². The fourth-order valence-electron chi connectivity index (χ4n) is 1.52. The van der Waals surface area contributed by atoms with E-state index in [9.17, 15) is 13.2 Å². The van der Waals surface area contributed by atoms with Gasteiger partial charge in [0.2, 0.25) is 15.9 Å². The number of carbonyl (C=O) groups is 1. The standard InChI is InChI=1S/C12H15N3O3S/c13-9-11(10-5-2-1-3-6-10)12(16)15-7-4-8-19(14,17)18/h1-3,5-6,11H,4,7-8H2,(H,15,16)(H2,14,17,18). The number of nitriles is 1. The monoisotopic (exact) mass is 281 g/mol. The minimum absolute atomic E-state index is 0.167. The molecule has 0 fully saturated rings. The van der Waals surface area contributed by atoms with Crippen LogP contribution in [0.4, 0.5) is 0 Å². The van der Waals surface area contributed by atoms with E-state index < -0.39 is 21.8 Å². The van der Waals surface area contributed by atoms with Crippen LogP contribution < -0.4 is 10.5 Å². The molecular weight excluding hydrogens is 266 g/mol. The van der Waals surface area contributed by atoms with Crippen LogP contribution in [0.2, 0.25) is 0 Å². The Kier molecular flexibility index (Phi) is 5.48. The van der Waals surface area contributed by atoms with E-state index in [4.69, 9.17) is 10.4 Å². The lowest BCUT2D eigenvalue weighted by molar-refractivity contribution is -0.121. The molecule has 6 nitrogen and oxygen atoms in total. The van der Waals surface area contributed by atoms with Crippen molar-refractivity contribution in [2.45, 2.75) is 12.3 Å². The molecule has 0 spiro atoms. The summed E-state index contributed by atoms with van der Waals surface area (Å²) in [6.45, 7) is 0.167. The summed E-state index contributed by atoms with van der Waals surface area (Å²) in [7, 11) is -3.52. The van der Waals surface area contributed by atoms with Crippen molar-refractivity contribution >= 4 is 15.9 Å². The third kappa shape index (κ3) is 5.50. The van der Waals surface area contributed by atoms with Crippen molar-refractivity contribution in [3.05, 3.63) is 35.9 Å². The van der Waals surface area contributed by atoms with Crippen LogP contribution in [0.3, 0.4) is 0 Å². The summed E-state index contributed by atoms with van der Waals surface area (Å²) in [5.41, 5.74) is 0.606. The highest BCUT2D eigenvalue weighted by molar-refractivity contribution is 7.89. The number of nitrogens with zero attached hydrogens (tertiary/aromatic N) is 1. The number of carbonyl (C=O) groups excluding carboxylic acids is 1. The molecule has 1 rings (SSSR count). The van der Waals surface area contributed by atoms with Crippen LogP contribution >= 0.6 is 0 Å². The number of amides is 1. The zero-order valence-electron chi connectivity index (χ0n) is 10.2. The number of rotatable bonds is 6. The van der Waals surface area contributed by atoms with Crippen molar-refractivity contribution in [3.63, 3.8) is 0 Å². The highest BCUT2D eigenvalue weighted by Crippen LogP contribution is 2.14. The molecule has 1 aromatic carbocycles. The van der Waals surface area contributed by atoms with Crippen molar-refractivity contribution in [2.75, 3.05) is 12.3 Å². The van der Waals surface area contributed by atoms with Gasteiger partial charge in [-0.15, -0.1) is 0 Å². The van der Waals surface area contributed by atoms with Crippen molar-refractivity contribution in [3.8, 4) is 6.07 Å². The molecular formula is C12H15N3O3S. The van der Waals surface area contributed by atoms with Gasteiger partial charge in [0.1, 0.15) is 5.92 Å². The Balaban J connectivity index is 2.51. The second-order valence-electron chi connectivity index (χ2n) is 3.98. The molecule has 1 atom stereocenters. The predicted octanol–water partition coefficient (Wildman–Crippen LogP) is 0.0886. The smallest absolute Gasteiger partial charge is 0.241 e. The molecule has 1 unspecified atom stereocenters. The Hall–Kier alpha value is -1.91. The van der Waals surface area contributed by atoms with Gasteiger partial charge in [-0.1, -0.05) is 30.3 Å². The number of benzene rings is 1. The van der Waals surface area contributed by atoms with Gasteiger partial charge >= 0.3 is 0 Å². The van der Waals surface area contributed by atoms with E-state index in [1.54, 1.807) is 30.3 Å². The summed E-state index contributed by atoms with van der Waals surface area (Å²) in [5.74, 6) is -1.53. The number of nitrogens with two attached hydrogens (primary N) is 1. The largest absolute Gasteiger partial charge is 0.355 e. The fourth-order valence-corrected chi connectivity index (χ4v) is 2.06. The van der Waals surface area contributed by atoms with E-state index in [0.29, 0.717) is 5.56 Å². The lowest BCUT2D eigenvalue weighted by Gasteiger charge is -2.10. The Morgan fingerprint density at radius 3 is 2.53 bits per heavy atom. The van der Waals surface area contributed by atoms with Gasteiger partial charge in [0.25, 0.3) is 0 Å². The summed E-state index contributed by atoms with van der Waals surface area (Å²) < 4.78 is 21.4. The van der Waals surface area contributed by atoms with Gasteiger partial charge in [0.15, 0.2) is 0 Å². The Morgan fingerprint density at radius 1 is 1.37 bits per heavy atom. The van der Waals surface area contributed by atoms with Gasteiger partial charge in [-0.05, 0) is 12.0 Å². The van der Waals surface area contributed by atoms with E-state index in [1.807, 2.05) is 6.07 Å². The summed E-state index contributed by atoms with van der Waals surface area (Å²) >= 11 is 0. The Labute approximate surface area is 112 Å². The van der Waals surface area contributed by atoms with Gasteiger partial charge in [-0.25, -0.2) is 13.6 Å². The Bertz CT molecular complexity index is 564. The van der Waals surface area contributed by atoms with Gasteiger partial charge in [0.05, 0.1) is 11.8 Å². The molecule has 0 aliphatic heterocycles. The second kappa shape index (κ2) is 6.87. The van der Waals surface area contributed by atoms with Crippen molar-refractivity contribution in [2.24, 2.45) is 5.14 Å². The lowest BCUT2D eigenvalue weighted by atomic mass is 10.00. The van der Waals surface area contributed by atoms with E-state index in [-0.39, 0.29) is 18.7 Å². The molecule has 0 bridgehead atoms. The molecule has 0 radical (unpaired) electrons. The van der Waals surface area contributed by atoms with Gasteiger partial charge in [-0.3, -0.25) is 4.79 Å². The molecule has 19 heavy (non-hydrogen) atoms. The molecule has 102 valence electrons. The average Bonchev–Trinajstić information content (AvgIpc) is 2.36. The molecule has 0 aliphatic carbocycles. The summed E-state index contributed by atoms with van der Waals surface area (Å²) in [4.78, 5) is 11.8. The molecule has 0 saturated carbocycles. The molecule has 1 amide bonds. The number of hydrogen-bond donors (Lipinski definition) is 2. The maximum atomic E-state index is 11.8. The van der Waals surface area contributed by atoms with Crippen LogP contribution in [0, 0.1) is 11.3 Å². The first-order valence-corrected chi connectivity index (χ1v) is 7.38. The third-order valence-electron chi connectivity index (χ3n) is 2.43. The molecule has 1 aromatic rings. The zero-order chi connectivity index (χ0) is 14.3. The summed E-state index contributed by atoms with van der Waals surface area (Å²) in [5, 5.41) is 16.4. The fraction of sp³-hybridized carbons (Fsp3) is 0.333. The van der Waals surface area contributed by atoms with Crippen LogP contribution in [0.1, 0.15) is 17.9 Å². The first-order valence-electron chi connectivity index (χ1n) is 5.67. The van der Waals surface area contributed by atoms with Gasteiger partial charge in [0, 0.05) is 6.54 Å². The number of nitrogens with one attached hydrogen (secondary N) is 1. The van der Waals surface area contributed by atoms with E-state index in [2.05, 4.69) is 5.32 Å². The summed E-state index contributed by atoms with van der Waals surface area (Å²) in [6.07, 6.45) is 0.220. The predicted molar refractivity (Wildman–Crippen MR) is 70.4 cm³/mol. The summed E-state index contributed by atoms with van der Waals surface area (Å²) in [6, 6.07) is 10.6. The minimum Gasteiger partial charge on any atom is -0.355 e. The lowest BCUT2D eigenvalue weighted by Crippen LogP contribution is -2.31. The zero-order valence-corrected chi connectivity index (χ0v) is 11.1. The molecule has 0 aromatic heterocycles. The average molecular weight is 281 g/mol. The maximum Gasteiger partial charge on any atom is 0.241 e. The van der Waals surface area contributed by atoms with Gasteiger partial charge in [-0.2, -0.15) is 5.26 Å². The first-order chi connectivity index (χ1) is 8.94. The van der Waals surface area contributed by atoms with Crippen molar-refractivity contribution < 1.29 is 13.2 Å². The molecule has 0 saturated heterocycles. The number of sulfonamides is 1. The van der Waals surface area contributed by atoms with Crippen LogP contribution in [0.25, 0.3) is 0 Å². The molecule has 0 heterocycles. The normalized spacial score (nSPS) is 12.4. The molecule has 0 aliphatic rings. The van der Waals surface area contributed by atoms with Crippen LogP contribution in [0.15, 0.2) is 30.3 Å². The number of hydrogen-bond acceptors (Lipinski definition) is 4. The quantitative estimate of drug-likeness (QED) is 0.719. The van der Waals surface area contributed by atoms with E-state index in [1.165, 1.54) is 0 Å². The Morgan fingerprint density at radius 2 is 2.00 bits per heavy atom. The molecule has 3 N–H and O–H groups in total. The van der Waals surface area contributed by atoms with Crippen molar-refractivity contribution in [1.29, 1.82) is 5.26 Å².